The van der Waals surface area contributed by atoms with E-state index in [-0.39, 0.29) is 6.42 Å². The molecule has 0 bridgehead atoms. The summed E-state index contributed by atoms with van der Waals surface area (Å²) in [5, 5.41) is 11.4. The number of anilines is 1. The fourth-order valence-corrected chi connectivity index (χ4v) is 1.08. The molecule has 2 N–H and O–H groups in total. The Morgan fingerprint density at radius 1 is 1.56 bits per heavy atom. The fraction of sp³-hybridized carbons (Fsp3) is 0.500. The second-order valence-electron chi connectivity index (χ2n) is 3.10. The molecule has 0 saturated carbocycles. The van der Waals surface area contributed by atoms with E-state index in [1.54, 1.807) is 6.07 Å². The lowest BCUT2D eigenvalue weighted by Crippen LogP contribution is -2.09. The summed E-state index contributed by atoms with van der Waals surface area (Å²) < 4.78 is 5.21. The van der Waals surface area contributed by atoms with E-state index in [9.17, 15) is 4.79 Å². The first-order valence-corrected chi connectivity index (χ1v) is 5.06. The monoisotopic (exact) mass is 225 g/mol. The Hall–Kier alpha value is -1.69. The number of hydrogen-bond donors (Lipinski definition) is 2. The third-order valence-electron chi connectivity index (χ3n) is 1.82. The smallest absolute Gasteiger partial charge is 0.305 e. The van der Waals surface area contributed by atoms with Crippen molar-refractivity contribution in [2.24, 2.45) is 0 Å². The van der Waals surface area contributed by atoms with E-state index in [0.29, 0.717) is 25.6 Å². The quantitative estimate of drug-likeness (QED) is 0.717. The van der Waals surface area contributed by atoms with Gasteiger partial charge in [0, 0.05) is 19.2 Å². The Bertz CT molecular complexity index is 344. The molecule has 16 heavy (non-hydrogen) atoms. The Kier molecular flexibility index (Phi) is 5.21. The van der Waals surface area contributed by atoms with Crippen LogP contribution >= 0.6 is 0 Å². The molecule has 1 heterocycles. The molecule has 0 atom stereocenters. The number of carbonyl (C=O) groups is 1. The van der Waals surface area contributed by atoms with Gasteiger partial charge in [-0.1, -0.05) is 0 Å². The van der Waals surface area contributed by atoms with Crippen LogP contribution in [0.15, 0.2) is 12.4 Å². The summed E-state index contributed by atoms with van der Waals surface area (Å²) in [5.41, 5.74) is 0.773. The summed E-state index contributed by atoms with van der Waals surface area (Å²) in [5.74, 6) is -0.220. The lowest BCUT2D eigenvalue weighted by Gasteiger charge is -2.05. The van der Waals surface area contributed by atoms with Gasteiger partial charge in [-0.15, -0.1) is 0 Å². The van der Waals surface area contributed by atoms with Crippen molar-refractivity contribution in [2.75, 3.05) is 18.5 Å². The third-order valence-corrected chi connectivity index (χ3v) is 1.82. The second kappa shape index (κ2) is 6.73. The van der Waals surface area contributed by atoms with Crippen molar-refractivity contribution >= 4 is 11.8 Å². The van der Waals surface area contributed by atoms with E-state index in [1.807, 2.05) is 6.92 Å². The first-order chi connectivity index (χ1) is 7.72. The highest BCUT2D eigenvalue weighted by atomic mass is 16.5. The maximum Gasteiger partial charge on any atom is 0.305 e. The summed E-state index contributed by atoms with van der Waals surface area (Å²) >= 11 is 0. The minimum atomic E-state index is -0.837. The van der Waals surface area contributed by atoms with Crippen molar-refractivity contribution in [1.82, 2.24) is 9.97 Å². The molecule has 0 aliphatic carbocycles. The Labute approximate surface area is 93.7 Å². The second-order valence-corrected chi connectivity index (χ2v) is 3.10. The summed E-state index contributed by atoms with van der Waals surface area (Å²) in [6.45, 7) is 3.33. The SMILES string of the molecule is CCOCc1cc(NCCC(=O)O)ncn1. The molecule has 1 aromatic heterocycles. The predicted octanol–water partition coefficient (Wildman–Crippen LogP) is 0.900. The van der Waals surface area contributed by atoms with Crippen molar-refractivity contribution in [3.05, 3.63) is 18.1 Å². The van der Waals surface area contributed by atoms with Crippen LogP contribution < -0.4 is 5.32 Å². The number of ether oxygens (including phenoxy) is 1. The van der Waals surface area contributed by atoms with Crippen LogP contribution in [0.4, 0.5) is 5.82 Å². The highest BCUT2D eigenvalue weighted by Crippen LogP contribution is 2.04. The average molecular weight is 225 g/mol. The fourth-order valence-electron chi connectivity index (χ4n) is 1.08. The van der Waals surface area contributed by atoms with Crippen molar-refractivity contribution in [3.8, 4) is 0 Å². The topological polar surface area (TPSA) is 84.3 Å². The molecule has 1 rings (SSSR count). The van der Waals surface area contributed by atoms with Gasteiger partial charge in [0.05, 0.1) is 18.7 Å². The van der Waals surface area contributed by atoms with E-state index >= 15 is 0 Å². The van der Waals surface area contributed by atoms with Gasteiger partial charge < -0.3 is 15.2 Å². The van der Waals surface area contributed by atoms with Crippen molar-refractivity contribution in [3.63, 3.8) is 0 Å². The van der Waals surface area contributed by atoms with Crippen molar-refractivity contribution in [1.29, 1.82) is 0 Å². The largest absolute Gasteiger partial charge is 0.481 e. The van der Waals surface area contributed by atoms with Crippen LogP contribution in [0.25, 0.3) is 0 Å². The number of nitrogens with zero attached hydrogens (tertiary/aromatic N) is 2. The predicted molar refractivity (Wildman–Crippen MR) is 58.1 cm³/mol. The van der Waals surface area contributed by atoms with E-state index in [1.165, 1.54) is 6.33 Å². The number of carboxylic acid groups (broad SMARTS) is 1. The lowest BCUT2D eigenvalue weighted by molar-refractivity contribution is -0.136. The van der Waals surface area contributed by atoms with E-state index in [2.05, 4.69) is 15.3 Å². The molecule has 0 saturated heterocycles. The van der Waals surface area contributed by atoms with Gasteiger partial charge in [0.1, 0.15) is 12.1 Å². The molecule has 88 valence electrons. The molecule has 6 heteroatoms. The zero-order chi connectivity index (χ0) is 11.8. The van der Waals surface area contributed by atoms with Gasteiger partial charge in [-0.25, -0.2) is 9.97 Å². The van der Waals surface area contributed by atoms with Crippen LogP contribution in [-0.4, -0.2) is 34.2 Å². The molecule has 0 radical (unpaired) electrons. The first-order valence-electron chi connectivity index (χ1n) is 5.06. The number of nitrogens with one attached hydrogen (secondary N) is 1. The Morgan fingerprint density at radius 3 is 3.06 bits per heavy atom. The molecule has 0 fully saturated rings. The van der Waals surface area contributed by atoms with Crippen molar-refractivity contribution in [2.45, 2.75) is 20.0 Å². The number of aromatic nitrogens is 2. The number of rotatable bonds is 7. The highest BCUT2D eigenvalue weighted by molar-refractivity contribution is 5.67. The first kappa shape index (κ1) is 12.4. The molecule has 1 aromatic rings. The molecule has 0 aliphatic rings. The molecule has 0 amide bonds. The van der Waals surface area contributed by atoms with Crippen molar-refractivity contribution < 1.29 is 14.6 Å². The highest BCUT2D eigenvalue weighted by Gasteiger charge is 2.00. The van der Waals surface area contributed by atoms with E-state index in [0.717, 1.165) is 5.69 Å². The van der Waals surface area contributed by atoms with E-state index in [4.69, 9.17) is 9.84 Å². The molecular formula is C10H15N3O3. The minimum Gasteiger partial charge on any atom is -0.481 e. The molecule has 0 aliphatic heterocycles. The minimum absolute atomic E-state index is 0.0603. The van der Waals surface area contributed by atoms with Crippen LogP contribution in [0.1, 0.15) is 19.0 Å². The van der Waals surface area contributed by atoms with E-state index < -0.39 is 5.97 Å². The van der Waals surface area contributed by atoms with Gasteiger partial charge >= 0.3 is 5.97 Å². The normalized spacial score (nSPS) is 10.1. The summed E-state index contributed by atoms with van der Waals surface area (Å²) in [7, 11) is 0. The molecule has 0 unspecified atom stereocenters. The lowest BCUT2D eigenvalue weighted by atomic mass is 10.4. The zero-order valence-electron chi connectivity index (χ0n) is 9.14. The van der Waals surface area contributed by atoms with Gasteiger partial charge in [-0.2, -0.15) is 0 Å². The van der Waals surface area contributed by atoms with Crippen LogP contribution in [0, 0.1) is 0 Å². The van der Waals surface area contributed by atoms with Gasteiger partial charge in [-0.05, 0) is 6.92 Å². The molecule has 0 spiro atoms. The number of aliphatic carboxylic acids is 1. The average Bonchev–Trinajstić information content (AvgIpc) is 2.26. The maximum atomic E-state index is 10.3. The van der Waals surface area contributed by atoms with Gasteiger partial charge in [0.15, 0.2) is 0 Å². The number of hydrogen-bond acceptors (Lipinski definition) is 5. The number of carboxylic acids is 1. The standard InChI is InChI=1S/C10H15N3O3/c1-2-16-6-8-5-9(13-7-12-8)11-4-3-10(14)15/h5,7H,2-4,6H2,1H3,(H,14,15)(H,11,12,13). The third kappa shape index (κ3) is 4.70. The Balaban J connectivity index is 2.43. The van der Waals surface area contributed by atoms with Crippen LogP contribution in [-0.2, 0) is 16.1 Å². The summed E-state index contributed by atoms with van der Waals surface area (Å²) in [6, 6.07) is 1.75. The van der Waals surface area contributed by atoms with Gasteiger partial charge in [0.25, 0.3) is 0 Å². The summed E-state index contributed by atoms with van der Waals surface area (Å²) in [4.78, 5) is 18.3. The van der Waals surface area contributed by atoms with Crippen LogP contribution in [0.2, 0.25) is 0 Å². The molecule has 6 nitrogen and oxygen atoms in total. The van der Waals surface area contributed by atoms with Crippen LogP contribution in [0.3, 0.4) is 0 Å². The maximum absolute atomic E-state index is 10.3. The van der Waals surface area contributed by atoms with Gasteiger partial charge in [-0.3, -0.25) is 4.79 Å². The molecule has 0 aromatic carbocycles. The zero-order valence-corrected chi connectivity index (χ0v) is 9.14. The summed E-state index contributed by atoms with van der Waals surface area (Å²) in [6.07, 6.45) is 1.49. The van der Waals surface area contributed by atoms with Crippen LogP contribution in [0.5, 0.6) is 0 Å². The Morgan fingerprint density at radius 2 is 2.38 bits per heavy atom. The van der Waals surface area contributed by atoms with Gasteiger partial charge in [0.2, 0.25) is 0 Å². The molecular weight excluding hydrogens is 210 g/mol.